The van der Waals surface area contributed by atoms with Gasteiger partial charge in [0, 0.05) is 29.2 Å². The highest BCUT2D eigenvalue weighted by Crippen LogP contribution is 2.30. The molecular weight excluding hydrogens is 334 g/mol. The SMILES string of the molecule is CCCNc1ccc2c(c1)c(-c1ccc(C(C)C)cc1)nc(=O)n2C(C)C. The second kappa shape index (κ2) is 7.95. The predicted molar refractivity (Wildman–Crippen MR) is 115 cm³/mol. The Bertz CT molecular complexity index is 985. The van der Waals surface area contributed by atoms with Crippen LogP contribution in [-0.4, -0.2) is 16.1 Å². The van der Waals surface area contributed by atoms with E-state index in [1.54, 1.807) is 4.57 Å². The van der Waals surface area contributed by atoms with Crippen molar-refractivity contribution in [1.29, 1.82) is 0 Å². The molecule has 1 heterocycles. The number of hydrogen-bond donors (Lipinski definition) is 1. The number of rotatable bonds is 6. The van der Waals surface area contributed by atoms with Gasteiger partial charge < -0.3 is 5.32 Å². The van der Waals surface area contributed by atoms with Crippen LogP contribution in [0.1, 0.15) is 58.6 Å². The Labute approximate surface area is 161 Å². The molecule has 0 radical (unpaired) electrons. The molecule has 0 atom stereocenters. The van der Waals surface area contributed by atoms with E-state index in [0.29, 0.717) is 5.92 Å². The minimum absolute atomic E-state index is 0.0549. The number of anilines is 1. The van der Waals surface area contributed by atoms with Gasteiger partial charge in [-0.1, -0.05) is 45.0 Å². The average molecular weight is 364 g/mol. The van der Waals surface area contributed by atoms with Crippen LogP contribution >= 0.6 is 0 Å². The van der Waals surface area contributed by atoms with Crippen LogP contribution in [0, 0.1) is 0 Å². The molecule has 142 valence electrons. The average Bonchev–Trinajstić information content (AvgIpc) is 2.65. The Morgan fingerprint density at radius 1 is 1.04 bits per heavy atom. The molecular formula is C23H29N3O. The van der Waals surface area contributed by atoms with E-state index in [0.717, 1.165) is 40.8 Å². The minimum Gasteiger partial charge on any atom is -0.385 e. The highest BCUT2D eigenvalue weighted by molar-refractivity contribution is 5.94. The van der Waals surface area contributed by atoms with Crippen LogP contribution in [0.4, 0.5) is 5.69 Å². The van der Waals surface area contributed by atoms with Crippen molar-refractivity contribution in [3.8, 4) is 11.3 Å². The number of nitrogens with one attached hydrogen (secondary N) is 1. The van der Waals surface area contributed by atoms with E-state index >= 15 is 0 Å². The molecule has 0 aliphatic rings. The predicted octanol–water partition coefficient (Wildman–Crippen LogP) is 5.59. The molecule has 0 amide bonds. The van der Waals surface area contributed by atoms with Crippen LogP contribution in [0.2, 0.25) is 0 Å². The van der Waals surface area contributed by atoms with Gasteiger partial charge in [0.25, 0.3) is 0 Å². The molecule has 0 aliphatic carbocycles. The van der Waals surface area contributed by atoms with Crippen LogP contribution in [0.15, 0.2) is 47.3 Å². The molecule has 0 spiro atoms. The lowest BCUT2D eigenvalue weighted by molar-refractivity contribution is 0.587. The Morgan fingerprint density at radius 3 is 2.33 bits per heavy atom. The van der Waals surface area contributed by atoms with Crippen molar-refractivity contribution < 1.29 is 0 Å². The molecule has 4 nitrogen and oxygen atoms in total. The zero-order chi connectivity index (χ0) is 19.6. The number of fused-ring (bicyclic) bond motifs is 1. The van der Waals surface area contributed by atoms with Crippen LogP contribution in [0.25, 0.3) is 22.2 Å². The van der Waals surface area contributed by atoms with Crippen LogP contribution in [0.5, 0.6) is 0 Å². The van der Waals surface area contributed by atoms with E-state index in [4.69, 9.17) is 0 Å². The molecule has 3 rings (SSSR count). The molecule has 2 aromatic carbocycles. The first-order valence-electron chi connectivity index (χ1n) is 9.82. The third kappa shape index (κ3) is 3.90. The molecule has 0 fully saturated rings. The molecule has 0 bridgehead atoms. The van der Waals surface area contributed by atoms with Gasteiger partial charge in [-0.2, -0.15) is 4.98 Å². The van der Waals surface area contributed by atoms with Gasteiger partial charge >= 0.3 is 5.69 Å². The smallest absolute Gasteiger partial charge is 0.348 e. The lowest BCUT2D eigenvalue weighted by atomic mass is 9.99. The molecule has 1 N–H and O–H groups in total. The maximum atomic E-state index is 12.7. The number of hydrogen-bond acceptors (Lipinski definition) is 3. The Kier molecular flexibility index (Phi) is 5.64. The Balaban J connectivity index is 2.23. The molecule has 1 aromatic heterocycles. The summed E-state index contributed by atoms with van der Waals surface area (Å²) in [5.74, 6) is 0.475. The molecule has 0 unspecified atom stereocenters. The van der Waals surface area contributed by atoms with Gasteiger partial charge in [0.2, 0.25) is 0 Å². The van der Waals surface area contributed by atoms with Crippen molar-refractivity contribution in [2.45, 2.75) is 53.0 Å². The van der Waals surface area contributed by atoms with Gasteiger partial charge in [0.05, 0.1) is 11.2 Å². The highest BCUT2D eigenvalue weighted by Gasteiger charge is 2.15. The van der Waals surface area contributed by atoms with Crippen LogP contribution < -0.4 is 11.0 Å². The fraction of sp³-hybridized carbons (Fsp3) is 0.391. The number of aromatic nitrogens is 2. The topological polar surface area (TPSA) is 46.9 Å². The largest absolute Gasteiger partial charge is 0.385 e. The quantitative estimate of drug-likeness (QED) is 0.621. The first-order valence-corrected chi connectivity index (χ1v) is 9.82. The lowest BCUT2D eigenvalue weighted by Crippen LogP contribution is -2.25. The zero-order valence-electron chi connectivity index (χ0n) is 16.9. The maximum Gasteiger partial charge on any atom is 0.348 e. The Hall–Kier alpha value is -2.62. The fourth-order valence-corrected chi connectivity index (χ4v) is 3.37. The second-order valence-corrected chi connectivity index (χ2v) is 7.64. The van der Waals surface area contributed by atoms with Crippen molar-refractivity contribution in [2.24, 2.45) is 0 Å². The zero-order valence-corrected chi connectivity index (χ0v) is 16.9. The van der Waals surface area contributed by atoms with Crippen molar-refractivity contribution in [1.82, 2.24) is 9.55 Å². The second-order valence-electron chi connectivity index (χ2n) is 7.64. The summed E-state index contributed by atoms with van der Waals surface area (Å²) in [6.45, 7) is 11.5. The summed E-state index contributed by atoms with van der Waals surface area (Å²) in [7, 11) is 0. The van der Waals surface area contributed by atoms with E-state index < -0.39 is 0 Å². The van der Waals surface area contributed by atoms with E-state index in [1.807, 2.05) is 26.0 Å². The molecule has 4 heteroatoms. The van der Waals surface area contributed by atoms with E-state index in [9.17, 15) is 4.79 Å². The summed E-state index contributed by atoms with van der Waals surface area (Å²) in [6.07, 6.45) is 1.06. The molecule has 0 saturated heterocycles. The van der Waals surface area contributed by atoms with Gasteiger partial charge in [0.1, 0.15) is 0 Å². The summed E-state index contributed by atoms with van der Waals surface area (Å²) in [5, 5.41) is 4.44. The van der Waals surface area contributed by atoms with Crippen molar-refractivity contribution in [3.05, 3.63) is 58.5 Å². The maximum absolute atomic E-state index is 12.7. The van der Waals surface area contributed by atoms with Gasteiger partial charge in [-0.15, -0.1) is 0 Å². The summed E-state index contributed by atoms with van der Waals surface area (Å²) >= 11 is 0. The van der Waals surface area contributed by atoms with E-state index in [2.05, 4.69) is 61.4 Å². The number of benzene rings is 2. The fourth-order valence-electron chi connectivity index (χ4n) is 3.37. The highest BCUT2D eigenvalue weighted by atomic mass is 16.1. The van der Waals surface area contributed by atoms with Gasteiger partial charge in [-0.25, -0.2) is 4.79 Å². The summed E-state index contributed by atoms with van der Waals surface area (Å²) < 4.78 is 1.77. The van der Waals surface area contributed by atoms with Gasteiger partial charge in [-0.3, -0.25) is 4.57 Å². The first-order chi connectivity index (χ1) is 12.9. The van der Waals surface area contributed by atoms with Crippen molar-refractivity contribution in [3.63, 3.8) is 0 Å². The van der Waals surface area contributed by atoms with Gasteiger partial charge in [-0.05, 0) is 49.9 Å². The summed E-state index contributed by atoms with van der Waals surface area (Å²) in [5.41, 5.74) is 4.79. The molecule has 0 saturated carbocycles. The first kappa shape index (κ1) is 19.2. The van der Waals surface area contributed by atoms with Crippen LogP contribution in [0.3, 0.4) is 0 Å². The van der Waals surface area contributed by atoms with Crippen molar-refractivity contribution in [2.75, 3.05) is 11.9 Å². The molecule has 27 heavy (non-hydrogen) atoms. The standard InChI is InChI=1S/C23H29N3O/c1-6-13-24-19-11-12-21-20(14-19)22(25-23(27)26(21)16(4)5)18-9-7-17(8-10-18)15(2)3/h7-12,14-16,24H,6,13H2,1-5H3. The van der Waals surface area contributed by atoms with Crippen LogP contribution in [-0.2, 0) is 0 Å². The van der Waals surface area contributed by atoms with Gasteiger partial charge in [0.15, 0.2) is 0 Å². The summed E-state index contributed by atoms with van der Waals surface area (Å²) in [4.78, 5) is 17.2. The van der Waals surface area contributed by atoms with E-state index in [1.165, 1.54) is 5.56 Å². The lowest BCUT2D eigenvalue weighted by Gasteiger charge is -2.17. The van der Waals surface area contributed by atoms with E-state index in [-0.39, 0.29) is 11.7 Å². The summed E-state index contributed by atoms with van der Waals surface area (Å²) in [6, 6.07) is 14.6. The number of nitrogens with zero attached hydrogens (tertiary/aromatic N) is 2. The Morgan fingerprint density at radius 2 is 1.74 bits per heavy atom. The molecule has 0 aliphatic heterocycles. The normalized spacial score (nSPS) is 11.5. The minimum atomic E-state index is -0.199. The third-order valence-electron chi connectivity index (χ3n) is 4.87. The molecule has 3 aromatic rings. The third-order valence-corrected chi connectivity index (χ3v) is 4.87. The van der Waals surface area contributed by atoms with Crippen molar-refractivity contribution >= 4 is 16.6 Å². The monoisotopic (exact) mass is 363 g/mol.